The highest BCUT2D eigenvalue weighted by molar-refractivity contribution is 5.94. The van der Waals surface area contributed by atoms with Crippen molar-refractivity contribution < 1.29 is 4.79 Å². The van der Waals surface area contributed by atoms with Gasteiger partial charge in [-0.1, -0.05) is 71.4 Å². The van der Waals surface area contributed by atoms with Gasteiger partial charge in [-0.3, -0.25) is 4.79 Å². The smallest absolute Gasteiger partial charge is 0.160 e. The van der Waals surface area contributed by atoms with E-state index in [0.29, 0.717) is 5.92 Å². The summed E-state index contributed by atoms with van der Waals surface area (Å²) >= 11 is 0. The van der Waals surface area contributed by atoms with Crippen molar-refractivity contribution >= 4 is 5.78 Å². The first kappa shape index (κ1) is 14.9. The molecule has 1 heteroatoms. The van der Waals surface area contributed by atoms with Gasteiger partial charge in [-0.05, 0) is 12.0 Å². The molecule has 0 radical (unpaired) electrons. The van der Waals surface area contributed by atoms with Gasteiger partial charge < -0.3 is 0 Å². The Bertz CT molecular complexity index is 287. The number of ketones is 1. The molecule has 0 bridgehead atoms. The second-order valence-electron chi connectivity index (χ2n) is 5.13. The minimum absolute atomic E-state index is 0.156. The lowest BCUT2D eigenvalue weighted by atomic mass is 9.91. The van der Waals surface area contributed by atoms with E-state index in [-0.39, 0.29) is 11.2 Å². The maximum atomic E-state index is 11.5. The van der Waals surface area contributed by atoms with E-state index in [1.54, 1.807) is 12.2 Å². The van der Waals surface area contributed by atoms with Gasteiger partial charge in [0, 0.05) is 5.41 Å². The van der Waals surface area contributed by atoms with Crippen LogP contribution in [0.5, 0.6) is 0 Å². The first-order valence-electron chi connectivity index (χ1n) is 5.94. The van der Waals surface area contributed by atoms with Crippen molar-refractivity contribution in [3.63, 3.8) is 0 Å². The van der Waals surface area contributed by atoms with E-state index in [1.807, 2.05) is 39.0 Å². The first-order chi connectivity index (χ1) is 7.38. The van der Waals surface area contributed by atoms with Gasteiger partial charge in [-0.2, -0.15) is 0 Å². The Morgan fingerprint density at radius 1 is 1.12 bits per heavy atom. The molecule has 0 fully saturated rings. The molecule has 0 saturated heterocycles. The summed E-state index contributed by atoms with van der Waals surface area (Å²) in [7, 11) is 0. The van der Waals surface area contributed by atoms with Crippen molar-refractivity contribution in [3.8, 4) is 0 Å². The molecule has 0 spiro atoms. The average Bonchev–Trinajstić information content (AvgIpc) is 2.20. The van der Waals surface area contributed by atoms with Gasteiger partial charge in [0.15, 0.2) is 5.78 Å². The summed E-state index contributed by atoms with van der Waals surface area (Å²) in [6.07, 6.45) is 12.6. The lowest BCUT2D eigenvalue weighted by Gasteiger charge is -2.12. The second-order valence-corrected chi connectivity index (χ2v) is 5.13. The standard InChI is InChI=1S/C15H24O/c1-6-13(2)11-9-7-8-10-12-14(16)15(3,4)5/h7-13H,6H2,1-5H3/b8-7+,11-9+,12-10+. The van der Waals surface area contributed by atoms with Crippen LogP contribution in [-0.4, -0.2) is 5.78 Å². The molecule has 0 aromatic carbocycles. The largest absolute Gasteiger partial charge is 0.294 e. The van der Waals surface area contributed by atoms with Gasteiger partial charge in [0.25, 0.3) is 0 Å². The Morgan fingerprint density at radius 2 is 1.69 bits per heavy atom. The number of carbonyl (C=O) groups is 1. The Labute approximate surface area is 99.9 Å². The number of rotatable bonds is 5. The highest BCUT2D eigenvalue weighted by Crippen LogP contribution is 2.14. The van der Waals surface area contributed by atoms with Crippen LogP contribution < -0.4 is 0 Å². The fraction of sp³-hybridized carbons (Fsp3) is 0.533. The van der Waals surface area contributed by atoms with Crippen molar-refractivity contribution in [2.45, 2.75) is 41.0 Å². The summed E-state index contributed by atoms with van der Waals surface area (Å²) < 4.78 is 0. The van der Waals surface area contributed by atoms with E-state index < -0.39 is 0 Å². The van der Waals surface area contributed by atoms with E-state index >= 15 is 0 Å². The summed E-state index contributed by atoms with van der Waals surface area (Å²) in [5.74, 6) is 0.771. The quantitative estimate of drug-likeness (QED) is 0.498. The van der Waals surface area contributed by atoms with Crippen LogP contribution in [0.15, 0.2) is 36.5 Å². The lowest BCUT2D eigenvalue weighted by molar-refractivity contribution is -0.121. The van der Waals surface area contributed by atoms with Gasteiger partial charge >= 0.3 is 0 Å². The molecule has 0 heterocycles. The third-order valence-electron chi connectivity index (χ3n) is 2.40. The third-order valence-corrected chi connectivity index (χ3v) is 2.40. The van der Waals surface area contributed by atoms with Gasteiger partial charge in [0.2, 0.25) is 0 Å². The van der Waals surface area contributed by atoms with Crippen LogP contribution in [-0.2, 0) is 4.79 Å². The highest BCUT2D eigenvalue weighted by Gasteiger charge is 2.17. The second kappa shape index (κ2) is 7.21. The third kappa shape index (κ3) is 7.22. The van der Waals surface area contributed by atoms with Crippen molar-refractivity contribution in [1.82, 2.24) is 0 Å². The van der Waals surface area contributed by atoms with Crippen LogP contribution in [0.3, 0.4) is 0 Å². The van der Waals surface area contributed by atoms with Crippen LogP contribution in [0.1, 0.15) is 41.0 Å². The zero-order valence-corrected chi connectivity index (χ0v) is 11.2. The topological polar surface area (TPSA) is 17.1 Å². The number of hydrogen-bond donors (Lipinski definition) is 0. The van der Waals surface area contributed by atoms with E-state index in [2.05, 4.69) is 19.9 Å². The van der Waals surface area contributed by atoms with Crippen molar-refractivity contribution in [3.05, 3.63) is 36.5 Å². The summed E-state index contributed by atoms with van der Waals surface area (Å²) in [5.41, 5.74) is -0.281. The van der Waals surface area contributed by atoms with E-state index in [1.165, 1.54) is 0 Å². The molecule has 0 rings (SSSR count). The molecule has 1 nitrogen and oxygen atoms in total. The molecule has 0 aliphatic rings. The van der Waals surface area contributed by atoms with Gasteiger partial charge in [0.05, 0.1) is 0 Å². The highest BCUT2D eigenvalue weighted by atomic mass is 16.1. The van der Waals surface area contributed by atoms with Gasteiger partial charge in [-0.15, -0.1) is 0 Å². The lowest BCUT2D eigenvalue weighted by Crippen LogP contribution is -2.17. The summed E-state index contributed by atoms with van der Waals surface area (Å²) in [6.45, 7) is 10.1. The molecule has 0 aromatic heterocycles. The van der Waals surface area contributed by atoms with Crippen molar-refractivity contribution in [2.24, 2.45) is 11.3 Å². The number of carbonyl (C=O) groups excluding carboxylic acids is 1. The number of allylic oxidation sites excluding steroid dienone is 6. The molecular formula is C15H24O. The average molecular weight is 220 g/mol. The van der Waals surface area contributed by atoms with Crippen molar-refractivity contribution in [2.75, 3.05) is 0 Å². The molecular weight excluding hydrogens is 196 g/mol. The maximum Gasteiger partial charge on any atom is 0.160 e. The van der Waals surface area contributed by atoms with E-state index in [4.69, 9.17) is 0 Å². The molecule has 0 N–H and O–H groups in total. The van der Waals surface area contributed by atoms with Gasteiger partial charge in [0.1, 0.15) is 0 Å². The Morgan fingerprint density at radius 3 is 2.19 bits per heavy atom. The fourth-order valence-electron chi connectivity index (χ4n) is 0.911. The predicted molar refractivity (Wildman–Crippen MR) is 71.3 cm³/mol. The number of hydrogen-bond acceptors (Lipinski definition) is 1. The van der Waals surface area contributed by atoms with E-state index in [9.17, 15) is 4.79 Å². The minimum Gasteiger partial charge on any atom is -0.294 e. The Kier molecular flexibility index (Phi) is 6.71. The summed E-state index contributed by atoms with van der Waals surface area (Å²) in [5, 5.41) is 0. The predicted octanol–water partition coefficient (Wildman–Crippen LogP) is 4.32. The van der Waals surface area contributed by atoms with Crippen LogP contribution in [0.2, 0.25) is 0 Å². The van der Waals surface area contributed by atoms with Crippen molar-refractivity contribution in [1.29, 1.82) is 0 Å². The Balaban J connectivity index is 4.06. The molecule has 0 aliphatic carbocycles. The molecule has 1 atom stereocenters. The SMILES string of the molecule is CCC(C)/C=C/C=C/C=C/C(=O)C(C)(C)C. The zero-order valence-electron chi connectivity index (χ0n) is 11.2. The first-order valence-corrected chi connectivity index (χ1v) is 5.94. The fourth-order valence-corrected chi connectivity index (χ4v) is 0.911. The summed E-state index contributed by atoms with van der Waals surface area (Å²) in [6, 6.07) is 0. The van der Waals surface area contributed by atoms with Gasteiger partial charge in [-0.25, -0.2) is 0 Å². The molecule has 16 heavy (non-hydrogen) atoms. The zero-order chi connectivity index (χ0) is 12.6. The molecule has 0 aliphatic heterocycles. The molecule has 0 aromatic rings. The maximum absolute atomic E-state index is 11.5. The van der Waals surface area contributed by atoms with E-state index in [0.717, 1.165) is 6.42 Å². The van der Waals surface area contributed by atoms with Crippen LogP contribution in [0.4, 0.5) is 0 Å². The molecule has 90 valence electrons. The molecule has 1 unspecified atom stereocenters. The monoisotopic (exact) mass is 220 g/mol. The Hall–Kier alpha value is -1.11. The minimum atomic E-state index is -0.281. The van der Waals surface area contributed by atoms with Crippen LogP contribution in [0.25, 0.3) is 0 Å². The summed E-state index contributed by atoms with van der Waals surface area (Å²) in [4.78, 5) is 11.5. The normalized spacial score (nSPS) is 15.3. The molecule has 0 saturated carbocycles. The van der Waals surface area contributed by atoms with Crippen LogP contribution >= 0.6 is 0 Å². The van der Waals surface area contributed by atoms with Crippen LogP contribution in [0, 0.1) is 11.3 Å². The molecule has 0 amide bonds.